The SMILES string of the molecule is CCO[C@@]12c3ccccc3O[C@@H](C)[C@@H]1C2(Cl)Cl. The monoisotopic (exact) mass is 272 g/mol. The third-order valence-electron chi connectivity index (χ3n) is 3.68. The van der Waals surface area contributed by atoms with E-state index in [2.05, 4.69) is 0 Å². The van der Waals surface area contributed by atoms with Crippen molar-refractivity contribution in [2.75, 3.05) is 6.61 Å². The summed E-state index contributed by atoms with van der Waals surface area (Å²) in [6, 6.07) is 7.82. The van der Waals surface area contributed by atoms with Gasteiger partial charge in [0.05, 0.1) is 5.92 Å². The van der Waals surface area contributed by atoms with Gasteiger partial charge in [0.1, 0.15) is 17.5 Å². The Balaban J connectivity index is 2.16. The van der Waals surface area contributed by atoms with Crippen molar-refractivity contribution in [3.05, 3.63) is 29.8 Å². The van der Waals surface area contributed by atoms with Crippen molar-refractivity contribution < 1.29 is 9.47 Å². The van der Waals surface area contributed by atoms with Crippen LogP contribution in [0.3, 0.4) is 0 Å². The van der Waals surface area contributed by atoms with E-state index in [4.69, 9.17) is 32.7 Å². The number of hydrogen-bond acceptors (Lipinski definition) is 2. The summed E-state index contributed by atoms with van der Waals surface area (Å²) in [5.41, 5.74) is 0.369. The molecule has 1 fully saturated rings. The topological polar surface area (TPSA) is 18.5 Å². The molecule has 1 aromatic rings. The van der Waals surface area contributed by atoms with Crippen LogP contribution in [0.15, 0.2) is 24.3 Å². The fourth-order valence-corrected chi connectivity index (χ4v) is 4.12. The molecular weight excluding hydrogens is 259 g/mol. The number of hydrogen-bond donors (Lipinski definition) is 0. The standard InChI is InChI=1S/C13H14Cl2O2/c1-3-16-12-9-6-4-5-7-10(9)17-8(2)11(12)13(12,14)15/h4-8,11H,3H2,1-2H3/t8-,11-,12-/m0/s1. The van der Waals surface area contributed by atoms with Crippen molar-refractivity contribution in [2.24, 2.45) is 5.92 Å². The fraction of sp³-hybridized carbons (Fsp3) is 0.538. The molecule has 0 N–H and O–H groups in total. The first-order valence-electron chi connectivity index (χ1n) is 5.83. The van der Waals surface area contributed by atoms with Crippen molar-refractivity contribution >= 4 is 23.2 Å². The molecule has 2 aliphatic rings. The minimum Gasteiger partial charge on any atom is -0.490 e. The molecule has 1 aromatic carbocycles. The summed E-state index contributed by atoms with van der Waals surface area (Å²) in [6.07, 6.45) is -0.0357. The maximum absolute atomic E-state index is 6.43. The largest absolute Gasteiger partial charge is 0.490 e. The Morgan fingerprint density at radius 3 is 2.76 bits per heavy atom. The van der Waals surface area contributed by atoms with E-state index >= 15 is 0 Å². The summed E-state index contributed by atoms with van der Waals surface area (Å²) in [7, 11) is 0. The lowest BCUT2D eigenvalue weighted by Crippen LogP contribution is -2.30. The quantitative estimate of drug-likeness (QED) is 0.768. The van der Waals surface area contributed by atoms with Crippen LogP contribution in [-0.4, -0.2) is 17.0 Å². The summed E-state index contributed by atoms with van der Waals surface area (Å²) in [5.74, 6) is 0.820. The van der Waals surface area contributed by atoms with Gasteiger partial charge in [-0.1, -0.05) is 41.4 Å². The second-order valence-electron chi connectivity index (χ2n) is 4.59. The van der Waals surface area contributed by atoms with Gasteiger partial charge >= 0.3 is 0 Å². The zero-order valence-corrected chi connectivity index (χ0v) is 11.3. The summed E-state index contributed by atoms with van der Waals surface area (Å²) in [5, 5.41) is 0. The lowest BCUT2D eigenvalue weighted by atomic mass is 9.99. The van der Waals surface area contributed by atoms with Crippen molar-refractivity contribution in [1.29, 1.82) is 0 Å². The number of fused-ring (bicyclic) bond motifs is 3. The Morgan fingerprint density at radius 1 is 1.35 bits per heavy atom. The van der Waals surface area contributed by atoms with Crippen LogP contribution in [0.25, 0.3) is 0 Å². The maximum atomic E-state index is 6.43. The van der Waals surface area contributed by atoms with Crippen molar-refractivity contribution in [2.45, 2.75) is 29.9 Å². The molecule has 0 unspecified atom stereocenters. The molecule has 0 radical (unpaired) electrons. The molecule has 2 nitrogen and oxygen atoms in total. The Kier molecular flexibility index (Phi) is 2.42. The van der Waals surface area contributed by atoms with Crippen LogP contribution in [0.1, 0.15) is 19.4 Å². The number of benzene rings is 1. The maximum Gasteiger partial charge on any atom is 0.161 e. The van der Waals surface area contributed by atoms with Crippen molar-refractivity contribution in [1.82, 2.24) is 0 Å². The number of alkyl halides is 2. The van der Waals surface area contributed by atoms with Gasteiger partial charge in [-0.15, -0.1) is 0 Å². The van der Waals surface area contributed by atoms with E-state index in [9.17, 15) is 0 Å². The molecule has 92 valence electrons. The van der Waals surface area contributed by atoms with Gasteiger partial charge in [0.15, 0.2) is 4.33 Å². The molecule has 0 aromatic heterocycles. The molecular formula is C13H14Cl2O2. The second kappa shape index (κ2) is 3.53. The summed E-state index contributed by atoms with van der Waals surface area (Å²) in [6.45, 7) is 4.52. The fourth-order valence-electron chi connectivity index (χ4n) is 3.01. The van der Waals surface area contributed by atoms with Gasteiger partial charge in [0.2, 0.25) is 0 Å². The lowest BCUT2D eigenvalue weighted by molar-refractivity contribution is -0.00774. The molecule has 1 aliphatic heterocycles. The second-order valence-corrected chi connectivity index (χ2v) is 5.97. The van der Waals surface area contributed by atoms with Crippen LogP contribution < -0.4 is 4.74 Å². The van der Waals surface area contributed by atoms with E-state index in [0.717, 1.165) is 11.3 Å². The molecule has 0 saturated heterocycles. The van der Waals surface area contributed by atoms with Gasteiger partial charge in [0.25, 0.3) is 0 Å². The minimum absolute atomic E-state index is 0.00631. The highest BCUT2D eigenvalue weighted by Crippen LogP contribution is 2.74. The molecule has 1 saturated carbocycles. The Labute approximate surface area is 111 Å². The number of rotatable bonds is 2. The average molecular weight is 273 g/mol. The van der Waals surface area contributed by atoms with Crippen LogP contribution in [0.5, 0.6) is 5.75 Å². The molecule has 17 heavy (non-hydrogen) atoms. The Hall–Kier alpha value is -0.440. The van der Waals surface area contributed by atoms with Gasteiger partial charge in [-0.3, -0.25) is 0 Å². The van der Waals surface area contributed by atoms with Crippen LogP contribution in [-0.2, 0) is 10.3 Å². The average Bonchev–Trinajstić information content (AvgIpc) is 2.78. The molecule has 1 aliphatic carbocycles. The van der Waals surface area contributed by atoms with E-state index in [1.807, 2.05) is 38.1 Å². The Bertz CT molecular complexity index is 460. The van der Waals surface area contributed by atoms with E-state index in [1.165, 1.54) is 0 Å². The van der Waals surface area contributed by atoms with Crippen LogP contribution in [0, 0.1) is 5.92 Å². The molecule has 1 heterocycles. The van der Waals surface area contributed by atoms with E-state index in [1.54, 1.807) is 0 Å². The molecule has 0 bridgehead atoms. The van der Waals surface area contributed by atoms with Gasteiger partial charge in [-0.25, -0.2) is 0 Å². The summed E-state index contributed by atoms with van der Waals surface area (Å²) >= 11 is 12.9. The predicted octanol–water partition coefficient (Wildman–Crippen LogP) is 3.50. The Morgan fingerprint density at radius 2 is 2.06 bits per heavy atom. The van der Waals surface area contributed by atoms with Crippen molar-refractivity contribution in [3.8, 4) is 5.75 Å². The van der Waals surface area contributed by atoms with Gasteiger partial charge in [-0.2, -0.15) is 0 Å². The van der Waals surface area contributed by atoms with Gasteiger partial charge in [-0.05, 0) is 19.9 Å². The minimum atomic E-state index is -0.894. The van der Waals surface area contributed by atoms with E-state index in [0.29, 0.717) is 6.61 Å². The summed E-state index contributed by atoms with van der Waals surface area (Å²) < 4.78 is 10.9. The van der Waals surface area contributed by atoms with Gasteiger partial charge < -0.3 is 9.47 Å². The molecule has 0 spiro atoms. The predicted molar refractivity (Wildman–Crippen MR) is 67.8 cm³/mol. The molecule has 0 amide bonds. The number of ether oxygens (including phenoxy) is 2. The summed E-state index contributed by atoms with van der Waals surface area (Å²) in [4.78, 5) is 0. The van der Waals surface area contributed by atoms with E-state index in [-0.39, 0.29) is 12.0 Å². The number of halogens is 2. The zero-order chi connectivity index (χ0) is 12.3. The lowest BCUT2D eigenvalue weighted by Gasteiger charge is -2.29. The molecule has 3 atom stereocenters. The highest BCUT2D eigenvalue weighted by atomic mass is 35.5. The molecule has 4 heteroatoms. The normalized spacial score (nSPS) is 36.7. The third kappa shape index (κ3) is 1.26. The first-order chi connectivity index (χ1) is 8.05. The number of para-hydroxylation sites is 1. The highest BCUT2D eigenvalue weighted by molar-refractivity contribution is 6.52. The van der Waals surface area contributed by atoms with E-state index < -0.39 is 9.93 Å². The van der Waals surface area contributed by atoms with Crippen molar-refractivity contribution in [3.63, 3.8) is 0 Å². The first kappa shape index (κ1) is 11.6. The third-order valence-corrected chi connectivity index (χ3v) is 4.71. The zero-order valence-electron chi connectivity index (χ0n) is 9.74. The van der Waals surface area contributed by atoms with Crippen LogP contribution in [0.2, 0.25) is 0 Å². The van der Waals surface area contributed by atoms with Crippen LogP contribution in [0.4, 0.5) is 0 Å². The highest BCUT2D eigenvalue weighted by Gasteiger charge is 2.82. The molecule has 3 rings (SSSR count). The first-order valence-corrected chi connectivity index (χ1v) is 6.59. The van der Waals surface area contributed by atoms with Gasteiger partial charge in [0, 0.05) is 12.2 Å². The van der Waals surface area contributed by atoms with Crippen LogP contribution >= 0.6 is 23.2 Å². The smallest absolute Gasteiger partial charge is 0.161 e.